The van der Waals surface area contributed by atoms with Crippen LogP contribution in [-0.2, 0) is 6.61 Å². The molecule has 0 fully saturated rings. The van der Waals surface area contributed by atoms with E-state index in [1.807, 2.05) is 0 Å². The van der Waals surface area contributed by atoms with Crippen LogP contribution < -0.4 is 16.0 Å². The molecule has 0 bridgehead atoms. The van der Waals surface area contributed by atoms with Crippen molar-refractivity contribution in [2.75, 3.05) is 5.43 Å². The molecule has 2 aromatic carbocycles. The monoisotopic (exact) mass is 295 g/mol. The molecule has 2 aromatic rings. The molecule has 0 amide bonds. The number of ether oxygens (including phenoxy) is 1. The van der Waals surface area contributed by atoms with Crippen molar-refractivity contribution in [3.63, 3.8) is 0 Å². The second-order valence-electron chi connectivity index (χ2n) is 4.09. The van der Waals surface area contributed by atoms with Gasteiger partial charge in [0.1, 0.15) is 12.3 Å². The average molecular weight is 295 g/mol. The Kier molecular flexibility index (Phi) is 4.29. The van der Waals surface area contributed by atoms with E-state index in [0.29, 0.717) is 5.56 Å². The largest absolute Gasteiger partial charge is 0.483 e. The molecule has 6 nitrogen and oxygen atoms in total. The summed E-state index contributed by atoms with van der Waals surface area (Å²) in [5.41, 5.74) is 2.53. The second-order valence-corrected chi connectivity index (χ2v) is 4.09. The van der Waals surface area contributed by atoms with E-state index in [1.54, 1.807) is 0 Å². The number of hydrogen-bond donors (Lipinski definition) is 2. The Morgan fingerprint density at radius 2 is 1.90 bits per heavy atom. The molecule has 0 aliphatic rings. The zero-order chi connectivity index (χ0) is 15.4. The van der Waals surface area contributed by atoms with E-state index < -0.39 is 22.3 Å². The summed E-state index contributed by atoms with van der Waals surface area (Å²) >= 11 is 0. The van der Waals surface area contributed by atoms with E-state index in [1.165, 1.54) is 24.3 Å². The molecule has 0 radical (unpaired) electrons. The zero-order valence-electron chi connectivity index (χ0n) is 10.7. The fraction of sp³-hybridized carbons (Fsp3) is 0.0769. The number of hydrazine groups is 1. The van der Waals surface area contributed by atoms with Gasteiger partial charge in [0.05, 0.1) is 4.92 Å². The van der Waals surface area contributed by atoms with Crippen molar-refractivity contribution in [3.05, 3.63) is 63.7 Å². The molecule has 0 saturated carbocycles. The Labute approximate surface area is 118 Å². The molecule has 3 N–H and O–H groups in total. The van der Waals surface area contributed by atoms with Crippen LogP contribution in [0, 0.1) is 21.7 Å². The molecule has 8 heteroatoms. The van der Waals surface area contributed by atoms with E-state index in [9.17, 15) is 18.9 Å². The van der Waals surface area contributed by atoms with Gasteiger partial charge in [0.2, 0.25) is 0 Å². The van der Waals surface area contributed by atoms with Crippen LogP contribution in [0.4, 0.5) is 20.2 Å². The third kappa shape index (κ3) is 3.23. The fourth-order valence-corrected chi connectivity index (χ4v) is 1.72. The van der Waals surface area contributed by atoms with Gasteiger partial charge in [-0.25, -0.2) is 8.78 Å². The molecule has 0 aromatic heterocycles. The maximum absolute atomic E-state index is 13.4. The van der Waals surface area contributed by atoms with Gasteiger partial charge in [0.15, 0.2) is 17.4 Å². The van der Waals surface area contributed by atoms with Gasteiger partial charge in [-0.1, -0.05) is 6.07 Å². The fourth-order valence-electron chi connectivity index (χ4n) is 1.72. The first-order valence-corrected chi connectivity index (χ1v) is 5.83. The highest BCUT2D eigenvalue weighted by Crippen LogP contribution is 2.26. The number of rotatable bonds is 5. The van der Waals surface area contributed by atoms with Crippen molar-refractivity contribution in [1.82, 2.24) is 0 Å². The number of hydrogen-bond acceptors (Lipinski definition) is 5. The van der Waals surface area contributed by atoms with Crippen molar-refractivity contribution >= 4 is 11.4 Å². The Balaban J connectivity index is 2.19. The third-order valence-electron chi connectivity index (χ3n) is 2.72. The number of nitrogen functional groups attached to an aromatic ring is 1. The maximum Gasteiger partial charge on any atom is 0.293 e. The molecular weight excluding hydrogens is 284 g/mol. The minimum Gasteiger partial charge on any atom is -0.483 e. The number of para-hydroxylation sites is 1. The SMILES string of the molecule is NNc1cc(COc2c(F)cccc2F)ccc1[N+](=O)[O-]. The number of nitrogens with zero attached hydrogens (tertiary/aromatic N) is 1. The Hall–Kier alpha value is -2.74. The third-order valence-corrected chi connectivity index (χ3v) is 2.72. The lowest BCUT2D eigenvalue weighted by Gasteiger charge is -2.09. The lowest BCUT2D eigenvalue weighted by molar-refractivity contribution is -0.384. The minimum atomic E-state index is -0.825. The van der Waals surface area contributed by atoms with Crippen LogP contribution in [-0.4, -0.2) is 4.92 Å². The molecular formula is C13H11F2N3O3. The molecule has 0 atom stereocenters. The number of nitro groups is 1. The van der Waals surface area contributed by atoms with Crippen LogP contribution in [0.25, 0.3) is 0 Å². The van der Waals surface area contributed by atoms with Crippen LogP contribution in [0.2, 0.25) is 0 Å². The Morgan fingerprint density at radius 1 is 1.24 bits per heavy atom. The number of anilines is 1. The molecule has 0 saturated heterocycles. The number of halogens is 2. The van der Waals surface area contributed by atoms with Crippen LogP contribution in [0.15, 0.2) is 36.4 Å². The van der Waals surface area contributed by atoms with Crippen molar-refractivity contribution < 1.29 is 18.4 Å². The van der Waals surface area contributed by atoms with Gasteiger partial charge in [0.25, 0.3) is 5.69 Å². The van der Waals surface area contributed by atoms with E-state index in [0.717, 1.165) is 12.1 Å². The van der Waals surface area contributed by atoms with Crippen molar-refractivity contribution in [2.24, 2.45) is 5.84 Å². The van der Waals surface area contributed by atoms with E-state index in [2.05, 4.69) is 5.43 Å². The predicted molar refractivity (Wildman–Crippen MR) is 71.6 cm³/mol. The summed E-state index contributed by atoms with van der Waals surface area (Å²) < 4.78 is 31.8. The van der Waals surface area contributed by atoms with Gasteiger partial charge in [-0.2, -0.15) is 0 Å². The molecule has 0 unspecified atom stereocenters. The topological polar surface area (TPSA) is 90.4 Å². The molecule has 2 rings (SSSR count). The van der Waals surface area contributed by atoms with Crippen LogP contribution in [0.3, 0.4) is 0 Å². The molecule has 0 heterocycles. The molecule has 0 aliphatic carbocycles. The predicted octanol–water partition coefficient (Wildman–Crippen LogP) is 2.74. The van der Waals surface area contributed by atoms with Gasteiger partial charge in [0, 0.05) is 6.07 Å². The highest BCUT2D eigenvalue weighted by molar-refractivity contribution is 5.62. The van der Waals surface area contributed by atoms with E-state index >= 15 is 0 Å². The van der Waals surface area contributed by atoms with Gasteiger partial charge in [-0.15, -0.1) is 0 Å². The van der Waals surface area contributed by atoms with Crippen LogP contribution in [0.5, 0.6) is 5.75 Å². The number of benzene rings is 2. The summed E-state index contributed by atoms with van der Waals surface area (Å²) in [6.07, 6.45) is 0. The molecule has 0 spiro atoms. The van der Waals surface area contributed by atoms with E-state index in [-0.39, 0.29) is 18.0 Å². The normalized spacial score (nSPS) is 10.2. The van der Waals surface area contributed by atoms with E-state index in [4.69, 9.17) is 10.6 Å². The molecule has 0 aliphatic heterocycles. The minimum absolute atomic E-state index is 0.0788. The molecule has 21 heavy (non-hydrogen) atoms. The highest BCUT2D eigenvalue weighted by atomic mass is 19.1. The Bertz CT molecular complexity index is 659. The van der Waals surface area contributed by atoms with Gasteiger partial charge < -0.3 is 10.2 Å². The summed E-state index contributed by atoms with van der Waals surface area (Å²) in [5.74, 6) is 3.05. The van der Waals surface area contributed by atoms with Gasteiger partial charge >= 0.3 is 0 Å². The standard InChI is InChI=1S/C13H11F2N3O3/c14-9-2-1-3-10(15)13(9)21-7-8-4-5-12(18(19)20)11(6-8)17-16/h1-6,17H,7,16H2. The first-order valence-electron chi connectivity index (χ1n) is 5.83. The van der Waals surface area contributed by atoms with Gasteiger partial charge in [-0.3, -0.25) is 16.0 Å². The van der Waals surface area contributed by atoms with Gasteiger partial charge in [-0.05, 0) is 29.8 Å². The summed E-state index contributed by atoms with van der Waals surface area (Å²) in [5, 5.41) is 10.7. The second kappa shape index (κ2) is 6.14. The number of nitrogens with two attached hydrogens (primary N) is 1. The van der Waals surface area contributed by atoms with Crippen molar-refractivity contribution in [2.45, 2.75) is 6.61 Å². The highest BCUT2D eigenvalue weighted by Gasteiger charge is 2.14. The zero-order valence-corrected chi connectivity index (χ0v) is 10.7. The summed E-state index contributed by atoms with van der Waals surface area (Å²) in [7, 11) is 0. The summed E-state index contributed by atoms with van der Waals surface area (Å²) in [6.45, 7) is -0.162. The lowest BCUT2D eigenvalue weighted by Crippen LogP contribution is -2.10. The Morgan fingerprint density at radius 3 is 2.48 bits per heavy atom. The average Bonchev–Trinajstić information content (AvgIpc) is 2.46. The number of nitro benzene ring substituents is 1. The number of nitrogens with one attached hydrogen (secondary N) is 1. The van der Waals surface area contributed by atoms with Crippen LogP contribution >= 0.6 is 0 Å². The summed E-state index contributed by atoms with van der Waals surface area (Å²) in [6, 6.07) is 7.38. The first-order chi connectivity index (χ1) is 10.0. The first kappa shape index (κ1) is 14.7. The summed E-state index contributed by atoms with van der Waals surface area (Å²) in [4.78, 5) is 10.1. The lowest BCUT2D eigenvalue weighted by atomic mass is 10.2. The molecule has 110 valence electrons. The quantitative estimate of drug-likeness (QED) is 0.503. The smallest absolute Gasteiger partial charge is 0.293 e. The maximum atomic E-state index is 13.4. The van der Waals surface area contributed by atoms with Crippen molar-refractivity contribution in [3.8, 4) is 5.75 Å². The van der Waals surface area contributed by atoms with Crippen LogP contribution in [0.1, 0.15) is 5.56 Å². The van der Waals surface area contributed by atoms with Crippen molar-refractivity contribution in [1.29, 1.82) is 0 Å².